The van der Waals surface area contributed by atoms with Crippen LogP contribution in [0.3, 0.4) is 0 Å². The third-order valence-corrected chi connectivity index (χ3v) is 4.92. The predicted octanol–water partition coefficient (Wildman–Crippen LogP) is 3.69. The summed E-state index contributed by atoms with van der Waals surface area (Å²) in [7, 11) is 0. The number of benzene rings is 1. The van der Waals surface area contributed by atoms with Crippen LogP contribution < -0.4 is 5.32 Å². The van der Waals surface area contributed by atoms with Crippen molar-refractivity contribution in [2.75, 3.05) is 25.0 Å². The number of anilines is 1. The van der Waals surface area contributed by atoms with E-state index in [1.807, 2.05) is 4.90 Å². The van der Waals surface area contributed by atoms with Crippen LogP contribution in [-0.2, 0) is 0 Å². The highest BCUT2D eigenvalue weighted by Crippen LogP contribution is 2.28. The van der Waals surface area contributed by atoms with Crippen LogP contribution in [0, 0.1) is 0 Å². The van der Waals surface area contributed by atoms with Gasteiger partial charge in [0.05, 0.1) is 10.7 Å². The van der Waals surface area contributed by atoms with Gasteiger partial charge in [-0.15, -0.1) is 0 Å². The normalized spacial score (nSPS) is 25.8. The number of carbonyl (C=O) groups excluding carboxylic acids is 1. The molecular weight excluding hydrogens is 309 g/mol. The summed E-state index contributed by atoms with van der Waals surface area (Å²) < 4.78 is 0. The Bertz CT molecular complexity index is 552. The van der Waals surface area contributed by atoms with Gasteiger partial charge in [-0.3, -0.25) is 4.90 Å². The van der Waals surface area contributed by atoms with Crippen molar-refractivity contribution in [2.45, 2.75) is 31.8 Å². The quantitative estimate of drug-likeness (QED) is 0.853. The summed E-state index contributed by atoms with van der Waals surface area (Å²) >= 11 is 12.0. The zero-order valence-electron chi connectivity index (χ0n) is 12.0. The standard InChI is InChI=1S/C15H19Cl2N3O/c1-10-8-19-6-2-3-12(19)9-20(10)15(21)18-14-5-4-11(16)7-13(14)17/h4-5,7,10,12H,2-3,6,8-9H2,1H3,(H,18,21)/t10-,12+/m0/s1. The largest absolute Gasteiger partial charge is 0.322 e. The number of halogens is 2. The molecule has 0 aliphatic carbocycles. The smallest absolute Gasteiger partial charge is 0.319 e. The van der Waals surface area contributed by atoms with Gasteiger partial charge in [-0.25, -0.2) is 4.79 Å². The molecule has 0 aromatic heterocycles. The first-order valence-electron chi connectivity index (χ1n) is 7.31. The average Bonchev–Trinajstić information content (AvgIpc) is 2.88. The second-order valence-electron chi connectivity index (χ2n) is 5.85. The molecule has 1 N–H and O–H groups in total. The number of nitrogens with zero attached hydrogens (tertiary/aromatic N) is 2. The fourth-order valence-electron chi connectivity index (χ4n) is 3.25. The predicted molar refractivity (Wildman–Crippen MR) is 86.2 cm³/mol. The molecule has 0 saturated carbocycles. The molecular formula is C15H19Cl2N3O. The lowest BCUT2D eigenvalue weighted by Crippen LogP contribution is -2.57. The zero-order valence-corrected chi connectivity index (χ0v) is 13.5. The lowest BCUT2D eigenvalue weighted by atomic mass is 10.1. The monoisotopic (exact) mass is 327 g/mol. The summed E-state index contributed by atoms with van der Waals surface area (Å²) in [6, 6.07) is 5.73. The van der Waals surface area contributed by atoms with Gasteiger partial charge in [0.1, 0.15) is 0 Å². The molecule has 1 aromatic rings. The summed E-state index contributed by atoms with van der Waals surface area (Å²) in [6.07, 6.45) is 2.41. The van der Waals surface area contributed by atoms with E-state index in [0.29, 0.717) is 21.8 Å². The molecule has 2 amide bonds. The van der Waals surface area contributed by atoms with Crippen molar-refractivity contribution in [3.8, 4) is 0 Å². The molecule has 4 nitrogen and oxygen atoms in total. The van der Waals surface area contributed by atoms with E-state index in [0.717, 1.165) is 19.6 Å². The topological polar surface area (TPSA) is 35.6 Å². The van der Waals surface area contributed by atoms with Gasteiger partial charge in [0.2, 0.25) is 0 Å². The van der Waals surface area contributed by atoms with Gasteiger partial charge in [0.25, 0.3) is 0 Å². The number of urea groups is 1. The van der Waals surface area contributed by atoms with Crippen molar-refractivity contribution in [1.82, 2.24) is 9.80 Å². The first-order chi connectivity index (χ1) is 10.0. The van der Waals surface area contributed by atoms with Gasteiger partial charge >= 0.3 is 6.03 Å². The molecule has 2 fully saturated rings. The van der Waals surface area contributed by atoms with Crippen molar-refractivity contribution in [3.05, 3.63) is 28.2 Å². The van der Waals surface area contributed by atoms with Gasteiger partial charge in [-0.1, -0.05) is 23.2 Å². The maximum atomic E-state index is 12.5. The molecule has 2 heterocycles. The van der Waals surface area contributed by atoms with Crippen molar-refractivity contribution in [1.29, 1.82) is 0 Å². The first kappa shape index (κ1) is 14.9. The van der Waals surface area contributed by atoms with E-state index in [1.54, 1.807) is 18.2 Å². The van der Waals surface area contributed by atoms with Crippen LogP contribution in [0.5, 0.6) is 0 Å². The van der Waals surface area contributed by atoms with E-state index in [-0.39, 0.29) is 12.1 Å². The highest BCUT2D eigenvalue weighted by Gasteiger charge is 2.36. The lowest BCUT2D eigenvalue weighted by molar-refractivity contribution is 0.0861. The van der Waals surface area contributed by atoms with E-state index >= 15 is 0 Å². The molecule has 2 saturated heterocycles. The Morgan fingerprint density at radius 1 is 1.33 bits per heavy atom. The van der Waals surface area contributed by atoms with Crippen LogP contribution in [0.4, 0.5) is 10.5 Å². The number of piperazine rings is 1. The van der Waals surface area contributed by atoms with Gasteiger partial charge in [0, 0.05) is 30.2 Å². The molecule has 1 aromatic carbocycles. The number of amides is 2. The molecule has 6 heteroatoms. The van der Waals surface area contributed by atoms with Gasteiger partial charge < -0.3 is 10.2 Å². The van der Waals surface area contributed by atoms with Crippen molar-refractivity contribution >= 4 is 34.9 Å². The van der Waals surface area contributed by atoms with E-state index < -0.39 is 0 Å². The van der Waals surface area contributed by atoms with E-state index in [4.69, 9.17) is 23.2 Å². The molecule has 3 rings (SSSR count). The lowest BCUT2D eigenvalue weighted by Gasteiger charge is -2.42. The third kappa shape index (κ3) is 3.12. The average molecular weight is 328 g/mol. The Labute approximate surface area is 135 Å². The molecule has 114 valence electrons. The van der Waals surface area contributed by atoms with Gasteiger partial charge in [0.15, 0.2) is 0 Å². The molecule has 0 unspecified atom stereocenters. The Hall–Kier alpha value is -0.970. The van der Waals surface area contributed by atoms with Crippen molar-refractivity contribution in [3.63, 3.8) is 0 Å². The maximum absolute atomic E-state index is 12.5. The minimum absolute atomic E-state index is 0.0849. The third-order valence-electron chi connectivity index (χ3n) is 4.37. The minimum Gasteiger partial charge on any atom is -0.319 e. The van der Waals surface area contributed by atoms with Crippen LogP contribution in [0.2, 0.25) is 10.0 Å². The van der Waals surface area contributed by atoms with Gasteiger partial charge in [-0.2, -0.15) is 0 Å². The van der Waals surface area contributed by atoms with Crippen molar-refractivity contribution in [2.24, 2.45) is 0 Å². The highest BCUT2D eigenvalue weighted by atomic mass is 35.5. The SMILES string of the molecule is C[C@H]1CN2CCC[C@@H]2CN1C(=O)Nc1ccc(Cl)cc1Cl. The Morgan fingerprint density at radius 3 is 2.90 bits per heavy atom. The number of fused-ring (bicyclic) bond motifs is 1. The number of hydrogen-bond acceptors (Lipinski definition) is 2. The van der Waals surface area contributed by atoms with E-state index in [9.17, 15) is 4.79 Å². The maximum Gasteiger partial charge on any atom is 0.322 e. The first-order valence-corrected chi connectivity index (χ1v) is 8.07. The van der Waals surface area contributed by atoms with Crippen LogP contribution in [0.1, 0.15) is 19.8 Å². The molecule has 0 spiro atoms. The van der Waals surface area contributed by atoms with E-state index in [1.165, 1.54) is 12.8 Å². The fraction of sp³-hybridized carbons (Fsp3) is 0.533. The Balaban J connectivity index is 1.69. The fourth-order valence-corrected chi connectivity index (χ4v) is 3.70. The van der Waals surface area contributed by atoms with Crippen LogP contribution in [0.25, 0.3) is 0 Å². The number of carbonyl (C=O) groups is 1. The summed E-state index contributed by atoms with van der Waals surface area (Å²) in [5.74, 6) is 0. The molecule has 2 aliphatic rings. The molecule has 0 bridgehead atoms. The van der Waals surface area contributed by atoms with Crippen LogP contribution in [0.15, 0.2) is 18.2 Å². The summed E-state index contributed by atoms with van der Waals surface area (Å²) in [5.41, 5.74) is 0.604. The van der Waals surface area contributed by atoms with Gasteiger partial charge in [-0.05, 0) is 44.5 Å². The zero-order chi connectivity index (χ0) is 15.0. The number of hydrogen-bond donors (Lipinski definition) is 1. The molecule has 21 heavy (non-hydrogen) atoms. The second-order valence-corrected chi connectivity index (χ2v) is 6.69. The Kier molecular flexibility index (Phi) is 4.29. The molecule has 2 atom stereocenters. The van der Waals surface area contributed by atoms with Crippen LogP contribution >= 0.6 is 23.2 Å². The summed E-state index contributed by atoms with van der Waals surface area (Å²) in [6.45, 7) is 5.00. The highest BCUT2D eigenvalue weighted by molar-refractivity contribution is 6.36. The van der Waals surface area contributed by atoms with Crippen LogP contribution in [-0.4, -0.2) is 47.5 Å². The molecule has 2 aliphatic heterocycles. The second kappa shape index (κ2) is 6.03. The van der Waals surface area contributed by atoms with Crippen molar-refractivity contribution < 1.29 is 4.79 Å². The van der Waals surface area contributed by atoms with E-state index in [2.05, 4.69) is 17.1 Å². The number of nitrogens with one attached hydrogen (secondary N) is 1. The summed E-state index contributed by atoms with van der Waals surface area (Å²) in [5, 5.41) is 3.92. The minimum atomic E-state index is -0.0849. The Morgan fingerprint density at radius 2 is 2.14 bits per heavy atom. The molecule has 0 radical (unpaired) electrons. The number of rotatable bonds is 1. The summed E-state index contributed by atoms with van der Waals surface area (Å²) in [4.78, 5) is 16.9.